The first kappa shape index (κ1) is 27.1. The molecule has 0 saturated carbocycles. The molecule has 0 bridgehead atoms. The maximum Gasteiger partial charge on any atom is 0.416 e. The van der Waals surface area contributed by atoms with Gasteiger partial charge in [-0.1, -0.05) is 17.9 Å². The molecule has 0 unspecified atom stereocenters. The number of hydrogen-bond acceptors (Lipinski definition) is 5. The maximum atomic E-state index is 14.9. The van der Waals surface area contributed by atoms with Crippen molar-refractivity contribution in [2.45, 2.75) is 35.6 Å². The number of hydrogen-bond donors (Lipinski definition) is 1. The molecule has 4 atom stereocenters. The number of sulfone groups is 1. The lowest BCUT2D eigenvalue weighted by atomic mass is 9.89. The number of alkyl halides is 3. The molecule has 2 heterocycles. The molecule has 0 spiro atoms. The normalized spacial score (nSPS) is 23.1. The van der Waals surface area contributed by atoms with Crippen LogP contribution in [-0.4, -0.2) is 56.7 Å². The Hall–Kier alpha value is -3.50. The van der Waals surface area contributed by atoms with Crippen molar-refractivity contribution in [1.29, 1.82) is 0 Å². The minimum atomic E-state index is -4.75. The second kappa shape index (κ2) is 9.60. The van der Waals surface area contributed by atoms with E-state index in [0.29, 0.717) is 6.07 Å². The predicted molar refractivity (Wildman–Crippen MR) is 126 cm³/mol. The number of nitrogens with zero attached hydrogens (tertiary/aromatic N) is 1. The van der Waals surface area contributed by atoms with Gasteiger partial charge in [-0.05, 0) is 36.8 Å². The van der Waals surface area contributed by atoms with Gasteiger partial charge in [0, 0.05) is 23.3 Å². The van der Waals surface area contributed by atoms with E-state index >= 15 is 0 Å². The molecule has 3 aliphatic rings. The number of carbonyl (C=O) groups is 2. The summed E-state index contributed by atoms with van der Waals surface area (Å²) in [5, 5.41) is 2.67. The van der Waals surface area contributed by atoms with Crippen LogP contribution in [0.4, 0.5) is 22.0 Å². The van der Waals surface area contributed by atoms with Crippen LogP contribution in [0.5, 0.6) is 0 Å². The van der Waals surface area contributed by atoms with Crippen molar-refractivity contribution in [2.75, 3.05) is 19.5 Å². The van der Waals surface area contributed by atoms with Crippen LogP contribution in [0.1, 0.15) is 33.9 Å². The van der Waals surface area contributed by atoms with Crippen molar-refractivity contribution >= 4 is 21.7 Å². The molecule has 0 radical (unpaired) electrons. The molecule has 2 aromatic carbocycles. The van der Waals surface area contributed by atoms with Crippen LogP contribution in [0, 0.1) is 35.3 Å². The van der Waals surface area contributed by atoms with Crippen LogP contribution in [-0.2, 0) is 25.5 Å². The Bertz CT molecular complexity index is 1530. The zero-order chi connectivity index (χ0) is 28.3. The largest absolute Gasteiger partial charge is 0.416 e. The predicted octanol–water partition coefficient (Wildman–Crippen LogP) is 3.11. The van der Waals surface area contributed by atoms with Crippen LogP contribution in [0.2, 0.25) is 0 Å². The number of amides is 2. The fourth-order valence-corrected chi connectivity index (χ4v) is 5.59. The summed E-state index contributed by atoms with van der Waals surface area (Å²) in [7, 11) is -3.85. The zero-order valence-corrected chi connectivity index (χ0v) is 21.1. The second-order valence-electron chi connectivity index (χ2n) is 9.77. The molecule has 13 heteroatoms. The van der Waals surface area contributed by atoms with Crippen molar-refractivity contribution < 1.29 is 44.7 Å². The van der Waals surface area contributed by atoms with Crippen molar-refractivity contribution in [1.82, 2.24) is 10.2 Å². The Labute approximate surface area is 220 Å². The van der Waals surface area contributed by atoms with Crippen LogP contribution < -0.4 is 5.32 Å². The minimum Gasteiger partial charge on any atom is -0.381 e. The fraction of sp³-hybridized carbons (Fsp3) is 0.385. The summed E-state index contributed by atoms with van der Waals surface area (Å²) in [6, 6.07) is 1.83. The molecule has 1 N–H and O–H groups in total. The monoisotopic (exact) mass is 568 g/mol. The lowest BCUT2D eigenvalue weighted by molar-refractivity contribution is -0.138. The number of rotatable bonds is 6. The van der Waals surface area contributed by atoms with Gasteiger partial charge in [0.2, 0.25) is 5.91 Å². The van der Waals surface area contributed by atoms with E-state index in [4.69, 9.17) is 4.74 Å². The minimum absolute atomic E-state index is 0.118. The molecule has 5 rings (SSSR count). The van der Waals surface area contributed by atoms with E-state index in [0.717, 1.165) is 41.5 Å². The Kier molecular flexibility index (Phi) is 6.67. The summed E-state index contributed by atoms with van der Waals surface area (Å²) >= 11 is 0. The third-order valence-corrected chi connectivity index (χ3v) is 8.18. The highest BCUT2D eigenvalue weighted by Gasteiger charge is 2.50. The molecule has 2 amide bonds. The molecule has 0 aromatic heterocycles. The number of benzene rings is 2. The SMILES string of the molecule is CS(=O)(=O)c1cc(F)cc(C(=O)N2[C@@H](C(=O)N[C@@H](c3ccc(C(F)(F)F)cc3F)C3COC3)C[C@H]3C#C[C@H]32)c1. The fourth-order valence-electron chi connectivity index (χ4n) is 4.93. The van der Waals surface area contributed by atoms with Crippen LogP contribution in [0.25, 0.3) is 0 Å². The van der Waals surface area contributed by atoms with Gasteiger partial charge < -0.3 is 15.0 Å². The Morgan fingerprint density at radius 1 is 1.10 bits per heavy atom. The van der Waals surface area contributed by atoms with Gasteiger partial charge in [-0.2, -0.15) is 13.2 Å². The number of carbonyl (C=O) groups excluding carboxylic acids is 2. The second-order valence-corrected chi connectivity index (χ2v) is 11.8. The third-order valence-electron chi connectivity index (χ3n) is 7.09. The molecule has 2 saturated heterocycles. The average molecular weight is 569 g/mol. The molecular weight excluding hydrogens is 547 g/mol. The zero-order valence-electron chi connectivity index (χ0n) is 20.3. The number of likely N-dealkylation sites (tertiary alicyclic amines) is 1. The summed E-state index contributed by atoms with van der Waals surface area (Å²) in [6.07, 6.45) is -3.78. The first-order valence-corrected chi connectivity index (χ1v) is 13.7. The Balaban J connectivity index is 1.43. The number of halogens is 5. The van der Waals surface area contributed by atoms with Crippen LogP contribution in [0.3, 0.4) is 0 Å². The van der Waals surface area contributed by atoms with E-state index in [1.165, 1.54) is 0 Å². The van der Waals surface area contributed by atoms with Crippen molar-refractivity contribution in [3.05, 3.63) is 64.7 Å². The highest BCUT2D eigenvalue weighted by Crippen LogP contribution is 2.38. The van der Waals surface area contributed by atoms with E-state index in [2.05, 4.69) is 17.2 Å². The lowest BCUT2D eigenvalue weighted by Crippen LogP contribution is -2.52. The summed E-state index contributed by atoms with van der Waals surface area (Å²) in [5.41, 5.74) is -1.63. The Morgan fingerprint density at radius 3 is 2.36 bits per heavy atom. The van der Waals surface area contributed by atoms with E-state index < -0.39 is 74.0 Å². The molecule has 206 valence electrons. The van der Waals surface area contributed by atoms with Crippen LogP contribution in [0.15, 0.2) is 41.3 Å². The molecule has 1 aliphatic carbocycles. The molecule has 2 fully saturated rings. The van der Waals surface area contributed by atoms with E-state index in [-0.39, 0.29) is 36.7 Å². The molecule has 2 aliphatic heterocycles. The summed E-state index contributed by atoms with van der Waals surface area (Å²) < 4.78 is 97.3. The number of nitrogens with one attached hydrogen (secondary N) is 1. The van der Waals surface area contributed by atoms with Gasteiger partial charge in [0.15, 0.2) is 9.84 Å². The molecule has 39 heavy (non-hydrogen) atoms. The summed E-state index contributed by atoms with van der Waals surface area (Å²) in [6.45, 7) is 0.259. The molecular formula is C26H21F5N2O5S. The summed E-state index contributed by atoms with van der Waals surface area (Å²) in [4.78, 5) is 27.7. The number of fused-ring (bicyclic) bond motifs is 1. The van der Waals surface area contributed by atoms with Gasteiger partial charge >= 0.3 is 6.18 Å². The van der Waals surface area contributed by atoms with E-state index in [9.17, 15) is 40.0 Å². The molecule has 2 aromatic rings. The topological polar surface area (TPSA) is 92.8 Å². The quantitative estimate of drug-likeness (QED) is 0.427. The van der Waals surface area contributed by atoms with Crippen molar-refractivity contribution in [2.24, 2.45) is 11.8 Å². The molecule has 7 nitrogen and oxygen atoms in total. The van der Waals surface area contributed by atoms with E-state index in [1.807, 2.05) is 0 Å². The number of ether oxygens (including phenoxy) is 1. The smallest absolute Gasteiger partial charge is 0.381 e. The van der Waals surface area contributed by atoms with Gasteiger partial charge in [-0.25, -0.2) is 17.2 Å². The lowest BCUT2D eigenvalue weighted by Gasteiger charge is -2.36. The van der Waals surface area contributed by atoms with Crippen molar-refractivity contribution in [3.63, 3.8) is 0 Å². The van der Waals surface area contributed by atoms with Crippen molar-refractivity contribution in [3.8, 4) is 11.8 Å². The van der Waals surface area contributed by atoms with Gasteiger partial charge in [0.1, 0.15) is 23.7 Å². The first-order valence-electron chi connectivity index (χ1n) is 11.8. The maximum absolute atomic E-state index is 14.9. The summed E-state index contributed by atoms with van der Waals surface area (Å²) in [5.74, 6) is 1.21. The third kappa shape index (κ3) is 5.10. The highest BCUT2D eigenvalue weighted by atomic mass is 32.2. The van der Waals surface area contributed by atoms with Gasteiger partial charge in [-0.3, -0.25) is 9.59 Å². The van der Waals surface area contributed by atoms with Gasteiger partial charge in [0.05, 0.1) is 35.6 Å². The standard InChI is InChI=1S/C26H21F5N2O5S/c1-39(36,37)18-7-14(6-17(27)10-18)25(35)33-21-5-2-13(21)8-22(33)24(34)32-23(15-11-38-12-15)19-4-3-16(9-20(19)28)26(29,30)31/h3-4,6-7,9-10,13,15,21-23H,8,11-12H2,1H3,(H,32,34)/t13-,21-,22-,23-/m1/s1. The highest BCUT2D eigenvalue weighted by molar-refractivity contribution is 7.90. The van der Waals surface area contributed by atoms with Crippen LogP contribution >= 0.6 is 0 Å². The average Bonchev–Trinajstić information content (AvgIpc) is 3.05. The Morgan fingerprint density at radius 2 is 1.82 bits per heavy atom. The van der Waals surface area contributed by atoms with Gasteiger partial charge in [-0.15, -0.1) is 0 Å². The van der Waals surface area contributed by atoms with E-state index in [1.54, 1.807) is 0 Å². The first-order chi connectivity index (χ1) is 18.2. The van der Waals surface area contributed by atoms with Gasteiger partial charge in [0.25, 0.3) is 5.91 Å².